The van der Waals surface area contributed by atoms with Crippen LogP contribution in [0.15, 0.2) is 48.6 Å². The van der Waals surface area contributed by atoms with Gasteiger partial charge in [-0.05, 0) is 25.0 Å². The summed E-state index contributed by atoms with van der Waals surface area (Å²) in [4.78, 5) is 0. The Morgan fingerprint density at radius 2 is 1.20 bits per heavy atom. The molecule has 0 fully saturated rings. The van der Waals surface area contributed by atoms with Gasteiger partial charge in [-0.15, -0.1) is 0 Å². The summed E-state index contributed by atoms with van der Waals surface area (Å²) in [7, 11) is 0. The lowest BCUT2D eigenvalue weighted by atomic mass is 10.1. The standard InChI is InChI=1S/C10H14/c1-5-7-9(3)10(4)8-6-2/h5-8H,3-4H2,1-2H3. The van der Waals surface area contributed by atoms with Gasteiger partial charge in [0.05, 0.1) is 0 Å². The van der Waals surface area contributed by atoms with Gasteiger partial charge in [-0.2, -0.15) is 0 Å². The highest BCUT2D eigenvalue weighted by molar-refractivity contribution is 5.41. The van der Waals surface area contributed by atoms with Crippen molar-refractivity contribution >= 4 is 0 Å². The highest BCUT2D eigenvalue weighted by Gasteiger charge is 1.87. The lowest BCUT2D eigenvalue weighted by Crippen LogP contribution is -1.75. The van der Waals surface area contributed by atoms with E-state index in [0.29, 0.717) is 0 Å². The van der Waals surface area contributed by atoms with Gasteiger partial charge in [0.15, 0.2) is 0 Å². The van der Waals surface area contributed by atoms with Crippen LogP contribution in [-0.2, 0) is 0 Å². The Morgan fingerprint density at radius 1 is 0.900 bits per heavy atom. The minimum Gasteiger partial charge on any atom is -0.0912 e. The fourth-order valence-electron chi connectivity index (χ4n) is 0.616. The van der Waals surface area contributed by atoms with E-state index in [1.807, 2.05) is 38.2 Å². The minimum absolute atomic E-state index is 0.973. The molecule has 0 aromatic carbocycles. The maximum absolute atomic E-state index is 3.83. The van der Waals surface area contributed by atoms with E-state index in [1.54, 1.807) is 0 Å². The van der Waals surface area contributed by atoms with Gasteiger partial charge in [0.1, 0.15) is 0 Å². The summed E-state index contributed by atoms with van der Waals surface area (Å²) < 4.78 is 0. The van der Waals surface area contributed by atoms with E-state index in [2.05, 4.69) is 13.2 Å². The average molecular weight is 134 g/mol. The Morgan fingerprint density at radius 3 is 1.40 bits per heavy atom. The summed E-state index contributed by atoms with van der Waals surface area (Å²) >= 11 is 0. The molecule has 0 heterocycles. The van der Waals surface area contributed by atoms with Crippen LogP contribution in [0.4, 0.5) is 0 Å². The Hall–Kier alpha value is -1.04. The molecule has 10 heavy (non-hydrogen) atoms. The van der Waals surface area contributed by atoms with E-state index < -0.39 is 0 Å². The number of rotatable bonds is 3. The molecule has 0 radical (unpaired) electrons. The van der Waals surface area contributed by atoms with Gasteiger partial charge in [-0.1, -0.05) is 37.5 Å². The molecular weight excluding hydrogens is 120 g/mol. The third-order valence-corrected chi connectivity index (χ3v) is 1.15. The number of allylic oxidation sites excluding steroid dienone is 6. The van der Waals surface area contributed by atoms with E-state index in [-0.39, 0.29) is 0 Å². The van der Waals surface area contributed by atoms with Crippen molar-refractivity contribution in [3.63, 3.8) is 0 Å². The maximum atomic E-state index is 3.83. The van der Waals surface area contributed by atoms with E-state index in [0.717, 1.165) is 11.1 Å². The normalized spacial score (nSPS) is 11.0. The van der Waals surface area contributed by atoms with E-state index in [4.69, 9.17) is 0 Å². The van der Waals surface area contributed by atoms with Crippen molar-refractivity contribution in [1.29, 1.82) is 0 Å². The molecule has 0 rings (SSSR count). The molecule has 0 aromatic rings. The lowest BCUT2D eigenvalue weighted by Gasteiger charge is -1.95. The summed E-state index contributed by atoms with van der Waals surface area (Å²) in [6.07, 6.45) is 7.80. The smallest absolute Gasteiger partial charge is 0.0265 e. The Bertz CT molecular complexity index is 158. The van der Waals surface area contributed by atoms with Crippen LogP contribution in [0.3, 0.4) is 0 Å². The molecule has 0 aliphatic carbocycles. The van der Waals surface area contributed by atoms with Gasteiger partial charge in [-0.25, -0.2) is 0 Å². The zero-order valence-electron chi connectivity index (χ0n) is 6.72. The maximum Gasteiger partial charge on any atom is -0.0265 e. The fraction of sp³-hybridized carbons (Fsp3) is 0.200. The van der Waals surface area contributed by atoms with Crippen LogP contribution in [0.2, 0.25) is 0 Å². The van der Waals surface area contributed by atoms with Crippen molar-refractivity contribution in [1.82, 2.24) is 0 Å². The number of hydrogen-bond acceptors (Lipinski definition) is 0. The molecule has 0 unspecified atom stereocenters. The van der Waals surface area contributed by atoms with Crippen molar-refractivity contribution in [2.75, 3.05) is 0 Å². The first-order valence-corrected chi connectivity index (χ1v) is 3.36. The van der Waals surface area contributed by atoms with E-state index >= 15 is 0 Å². The molecule has 0 amide bonds. The molecule has 0 saturated heterocycles. The monoisotopic (exact) mass is 134 g/mol. The first kappa shape index (κ1) is 8.96. The van der Waals surface area contributed by atoms with Crippen LogP contribution in [0.25, 0.3) is 0 Å². The van der Waals surface area contributed by atoms with Crippen molar-refractivity contribution in [3.05, 3.63) is 48.6 Å². The van der Waals surface area contributed by atoms with Crippen LogP contribution in [0.5, 0.6) is 0 Å². The number of hydrogen-bond donors (Lipinski definition) is 0. The van der Waals surface area contributed by atoms with Gasteiger partial charge < -0.3 is 0 Å². The second kappa shape index (κ2) is 4.80. The first-order valence-electron chi connectivity index (χ1n) is 3.36. The van der Waals surface area contributed by atoms with Crippen LogP contribution in [0.1, 0.15) is 13.8 Å². The fourth-order valence-corrected chi connectivity index (χ4v) is 0.616. The van der Waals surface area contributed by atoms with Crippen molar-refractivity contribution in [3.8, 4) is 0 Å². The van der Waals surface area contributed by atoms with Gasteiger partial charge in [0, 0.05) is 0 Å². The summed E-state index contributed by atoms with van der Waals surface area (Å²) in [6.45, 7) is 11.6. The zero-order valence-corrected chi connectivity index (χ0v) is 6.72. The largest absolute Gasteiger partial charge is 0.0912 e. The van der Waals surface area contributed by atoms with Crippen molar-refractivity contribution in [2.45, 2.75) is 13.8 Å². The van der Waals surface area contributed by atoms with Crippen molar-refractivity contribution in [2.24, 2.45) is 0 Å². The van der Waals surface area contributed by atoms with Gasteiger partial charge in [0.2, 0.25) is 0 Å². The van der Waals surface area contributed by atoms with Gasteiger partial charge in [0.25, 0.3) is 0 Å². The molecular formula is C10H14. The topological polar surface area (TPSA) is 0 Å². The van der Waals surface area contributed by atoms with Crippen LogP contribution >= 0.6 is 0 Å². The predicted molar refractivity (Wildman–Crippen MR) is 47.9 cm³/mol. The minimum atomic E-state index is 0.973. The van der Waals surface area contributed by atoms with Crippen LogP contribution in [0, 0.1) is 0 Å². The summed E-state index contributed by atoms with van der Waals surface area (Å²) in [6, 6.07) is 0. The van der Waals surface area contributed by atoms with Crippen LogP contribution < -0.4 is 0 Å². The summed E-state index contributed by atoms with van der Waals surface area (Å²) in [5.41, 5.74) is 1.95. The second-order valence-corrected chi connectivity index (χ2v) is 2.05. The quantitative estimate of drug-likeness (QED) is 0.520. The van der Waals surface area contributed by atoms with Crippen molar-refractivity contribution < 1.29 is 0 Å². The summed E-state index contributed by atoms with van der Waals surface area (Å²) in [5, 5.41) is 0. The highest BCUT2D eigenvalue weighted by atomic mass is 13.9. The second-order valence-electron chi connectivity index (χ2n) is 2.05. The average Bonchev–Trinajstić information content (AvgIpc) is 1.89. The Balaban J connectivity index is 4.09. The SMILES string of the molecule is C=C(C=CC)C(=C)C=CC. The van der Waals surface area contributed by atoms with Crippen LogP contribution in [-0.4, -0.2) is 0 Å². The third-order valence-electron chi connectivity index (χ3n) is 1.15. The molecule has 54 valence electrons. The molecule has 0 aliphatic rings. The molecule has 0 saturated carbocycles. The van der Waals surface area contributed by atoms with E-state index in [1.165, 1.54) is 0 Å². The molecule has 0 nitrogen and oxygen atoms in total. The van der Waals surface area contributed by atoms with Gasteiger partial charge >= 0.3 is 0 Å². The molecule has 0 aliphatic heterocycles. The molecule has 0 heteroatoms. The Labute approximate surface area is 63.3 Å². The lowest BCUT2D eigenvalue weighted by molar-refractivity contribution is 1.55. The molecule has 0 spiro atoms. The third kappa shape index (κ3) is 3.08. The Kier molecular flexibility index (Phi) is 4.30. The molecule has 0 atom stereocenters. The highest BCUT2D eigenvalue weighted by Crippen LogP contribution is 2.07. The van der Waals surface area contributed by atoms with Gasteiger partial charge in [-0.3, -0.25) is 0 Å². The first-order chi connectivity index (χ1) is 4.72. The zero-order chi connectivity index (χ0) is 7.98. The van der Waals surface area contributed by atoms with E-state index in [9.17, 15) is 0 Å². The molecule has 0 aromatic heterocycles. The molecule has 0 bridgehead atoms. The molecule has 0 N–H and O–H groups in total. The predicted octanol–water partition coefficient (Wildman–Crippen LogP) is 3.25. The summed E-state index contributed by atoms with van der Waals surface area (Å²) in [5.74, 6) is 0.